The third kappa shape index (κ3) is 11.4. The molecule has 1 saturated heterocycles. The lowest BCUT2D eigenvalue weighted by Gasteiger charge is -2.10. The average Bonchev–Trinajstić information content (AvgIpc) is 3.32. The number of hydrogen-bond donors (Lipinski definition) is 0. The van der Waals surface area contributed by atoms with E-state index in [0.29, 0.717) is 25.6 Å². The van der Waals surface area contributed by atoms with Crippen molar-refractivity contribution in [3.8, 4) is 0 Å². The van der Waals surface area contributed by atoms with Crippen molar-refractivity contribution in [2.75, 3.05) is 31.3 Å². The van der Waals surface area contributed by atoms with E-state index in [2.05, 4.69) is 13.8 Å². The van der Waals surface area contributed by atoms with Crippen LogP contribution in [0.3, 0.4) is 0 Å². The molecular formula is C17H30O5S. The Morgan fingerprint density at radius 1 is 1.17 bits per heavy atom. The highest BCUT2D eigenvalue weighted by molar-refractivity contribution is 7.99. The van der Waals surface area contributed by atoms with Gasteiger partial charge in [-0.3, -0.25) is 9.59 Å². The van der Waals surface area contributed by atoms with Gasteiger partial charge in [0.25, 0.3) is 0 Å². The molecule has 0 aromatic rings. The maximum atomic E-state index is 11.7. The van der Waals surface area contributed by atoms with E-state index in [1.54, 1.807) is 0 Å². The minimum Gasteiger partial charge on any atom is -0.465 e. The highest BCUT2D eigenvalue weighted by Gasteiger charge is 2.25. The number of unbranched alkanes of at least 4 members (excludes halogenated alkanes) is 2. The molecule has 23 heavy (non-hydrogen) atoms. The van der Waals surface area contributed by atoms with Crippen molar-refractivity contribution in [2.24, 2.45) is 11.8 Å². The first-order valence-electron chi connectivity index (χ1n) is 8.50. The van der Waals surface area contributed by atoms with Crippen molar-refractivity contribution in [1.29, 1.82) is 0 Å². The smallest absolute Gasteiger partial charge is 0.315 e. The summed E-state index contributed by atoms with van der Waals surface area (Å²) in [5.74, 6) is 0.933. The Hall–Kier alpha value is -0.750. The lowest BCUT2D eigenvalue weighted by molar-refractivity contribution is -0.147. The molecule has 0 bridgehead atoms. The molecule has 0 amide bonds. The number of hydrogen-bond acceptors (Lipinski definition) is 6. The van der Waals surface area contributed by atoms with Crippen LogP contribution in [0.25, 0.3) is 0 Å². The first-order chi connectivity index (χ1) is 11.0. The minimum atomic E-state index is -0.230. The van der Waals surface area contributed by atoms with Gasteiger partial charge in [-0.25, -0.2) is 0 Å². The van der Waals surface area contributed by atoms with E-state index in [1.165, 1.54) is 24.6 Å². The number of carbonyl (C=O) groups excluding carboxylic acids is 2. The molecule has 1 rings (SSSR count). The number of ether oxygens (including phenoxy) is 3. The number of epoxide rings is 1. The van der Waals surface area contributed by atoms with E-state index in [1.807, 2.05) is 6.92 Å². The Bertz CT molecular complexity index is 355. The van der Waals surface area contributed by atoms with Crippen LogP contribution in [0.5, 0.6) is 0 Å². The van der Waals surface area contributed by atoms with E-state index in [-0.39, 0.29) is 29.7 Å². The number of thioether (sulfide) groups is 1. The van der Waals surface area contributed by atoms with Crippen LogP contribution in [0.2, 0.25) is 0 Å². The second-order valence-corrected chi connectivity index (χ2v) is 7.50. The molecule has 1 aliphatic heterocycles. The molecule has 1 aliphatic rings. The number of rotatable bonds is 13. The normalized spacial score (nSPS) is 17.8. The standard InChI is InChI=1S/C17H30O5S/c1-13(2)7-5-4-6-8-20-16(18)12-23-11-14(3)17(19)22-10-15-9-21-15/h13-15H,4-12H2,1-3H3. The molecular weight excluding hydrogens is 316 g/mol. The third-order valence-corrected chi connectivity index (χ3v) is 4.67. The van der Waals surface area contributed by atoms with Gasteiger partial charge >= 0.3 is 11.9 Å². The monoisotopic (exact) mass is 346 g/mol. The predicted molar refractivity (Wildman–Crippen MR) is 91.5 cm³/mol. The van der Waals surface area contributed by atoms with Gasteiger partial charge in [0.1, 0.15) is 12.7 Å². The van der Waals surface area contributed by atoms with Crippen LogP contribution < -0.4 is 0 Å². The summed E-state index contributed by atoms with van der Waals surface area (Å²) in [5, 5.41) is 0. The van der Waals surface area contributed by atoms with Gasteiger partial charge in [-0.15, -0.1) is 11.8 Å². The summed E-state index contributed by atoms with van der Waals surface area (Å²) in [6.07, 6.45) is 4.54. The first-order valence-corrected chi connectivity index (χ1v) is 9.66. The Balaban J connectivity index is 1.92. The molecule has 1 fully saturated rings. The van der Waals surface area contributed by atoms with Crippen molar-refractivity contribution in [2.45, 2.75) is 52.6 Å². The van der Waals surface area contributed by atoms with Gasteiger partial charge < -0.3 is 14.2 Å². The molecule has 0 N–H and O–H groups in total. The molecule has 134 valence electrons. The molecule has 5 nitrogen and oxygen atoms in total. The SMILES string of the molecule is CC(C)CCCCCOC(=O)CSCC(C)C(=O)OCC1CO1. The summed E-state index contributed by atoms with van der Waals surface area (Å²) >= 11 is 1.41. The van der Waals surface area contributed by atoms with E-state index < -0.39 is 0 Å². The number of carbonyl (C=O) groups is 2. The van der Waals surface area contributed by atoms with Crippen LogP contribution in [0.4, 0.5) is 0 Å². The Labute approximate surface area is 143 Å². The summed E-state index contributed by atoms with van der Waals surface area (Å²) in [4.78, 5) is 23.2. The zero-order valence-electron chi connectivity index (χ0n) is 14.5. The van der Waals surface area contributed by atoms with E-state index >= 15 is 0 Å². The summed E-state index contributed by atoms with van der Waals surface area (Å²) in [6.45, 7) is 7.76. The van der Waals surface area contributed by atoms with Gasteiger partial charge in [0.2, 0.25) is 0 Å². The zero-order chi connectivity index (χ0) is 17.1. The van der Waals surface area contributed by atoms with Crippen molar-refractivity contribution >= 4 is 23.7 Å². The van der Waals surface area contributed by atoms with E-state index in [9.17, 15) is 9.59 Å². The van der Waals surface area contributed by atoms with Gasteiger partial charge in [-0.1, -0.05) is 40.0 Å². The second kappa shape index (κ2) is 11.7. The lowest BCUT2D eigenvalue weighted by atomic mass is 10.1. The molecule has 0 aromatic heterocycles. The fourth-order valence-electron chi connectivity index (χ4n) is 1.93. The summed E-state index contributed by atoms with van der Waals surface area (Å²) < 4.78 is 15.3. The fraction of sp³-hybridized carbons (Fsp3) is 0.882. The van der Waals surface area contributed by atoms with Crippen molar-refractivity contribution < 1.29 is 23.8 Å². The largest absolute Gasteiger partial charge is 0.465 e. The minimum absolute atomic E-state index is 0.0920. The van der Waals surface area contributed by atoms with Gasteiger partial charge in [0.05, 0.1) is 24.9 Å². The average molecular weight is 346 g/mol. The third-order valence-electron chi connectivity index (χ3n) is 3.49. The molecule has 6 heteroatoms. The highest BCUT2D eigenvalue weighted by Crippen LogP contribution is 2.14. The van der Waals surface area contributed by atoms with E-state index in [0.717, 1.165) is 18.8 Å². The van der Waals surface area contributed by atoms with Crippen LogP contribution >= 0.6 is 11.8 Å². The van der Waals surface area contributed by atoms with E-state index in [4.69, 9.17) is 14.2 Å². The van der Waals surface area contributed by atoms with Gasteiger partial charge in [-0.05, 0) is 12.3 Å². The molecule has 1 heterocycles. The fourth-order valence-corrected chi connectivity index (χ4v) is 2.79. The van der Waals surface area contributed by atoms with Crippen LogP contribution in [-0.4, -0.2) is 49.4 Å². The predicted octanol–water partition coefficient (Wildman–Crippen LogP) is 3.06. The molecule has 2 unspecified atom stereocenters. The highest BCUT2D eigenvalue weighted by atomic mass is 32.2. The second-order valence-electron chi connectivity index (χ2n) is 6.47. The van der Waals surface area contributed by atoms with Gasteiger partial charge in [0.15, 0.2) is 0 Å². The van der Waals surface area contributed by atoms with Crippen molar-refractivity contribution in [3.05, 3.63) is 0 Å². The lowest BCUT2D eigenvalue weighted by Crippen LogP contribution is -2.20. The van der Waals surface area contributed by atoms with Gasteiger partial charge in [-0.2, -0.15) is 0 Å². The Morgan fingerprint density at radius 3 is 2.57 bits per heavy atom. The molecule has 0 aliphatic carbocycles. The van der Waals surface area contributed by atoms with Crippen LogP contribution in [-0.2, 0) is 23.8 Å². The number of esters is 2. The zero-order valence-corrected chi connectivity index (χ0v) is 15.4. The molecule has 0 radical (unpaired) electrons. The quantitative estimate of drug-likeness (QED) is 0.290. The maximum absolute atomic E-state index is 11.7. The van der Waals surface area contributed by atoms with Crippen molar-refractivity contribution in [1.82, 2.24) is 0 Å². The topological polar surface area (TPSA) is 65.1 Å². The van der Waals surface area contributed by atoms with Crippen molar-refractivity contribution in [3.63, 3.8) is 0 Å². The first kappa shape index (κ1) is 20.3. The molecule has 2 atom stereocenters. The Kier molecular flexibility index (Phi) is 10.4. The summed E-state index contributed by atoms with van der Waals surface area (Å²) in [6, 6.07) is 0. The molecule has 0 saturated carbocycles. The molecule has 0 aromatic carbocycles. The maximum Gasteiger partial charge on any atom is 0.315 e. The van der Waals surface area contributed by atoms with Crippen LogP contribution in [0.15, 0.2) is 0 Å². The summed E-state index contributed by atoms with van der Waals surface area (Å²) in [7, 11) is 0. The molecule has 0 spiro atoms. The summed E-state index contributed by atoms with van der Waals surface area (Å²) in [5.41, 5.74) is 0. The van der Waals surface area contributed by atoms with Crippen LogP contribution in [0.1, 0.15) is 46.5 Å². The van der Waals surface area contributed by atoms with Crippen LogP contribution in [0, 0.1) is 11.8 Å². The van der Waals surface area contributed by atoms with Gasteiger partial charge in [0, 0.05) is 5.75 Å². The Morgan fingerprint density at radius 2 is 1.91 bits per heavy atom.